The number of carboxylic acid groups (broad SMARTS) is 1. The van der Waals surface area contributed by atoms with Gasteiger partial charge in [-0.1, -0.05) is 36.4 Å². The Bertz CT molecular complexity index is 831. The summed E-state index contributed by atoms with van der Waals surface area (Å²) in [6, 6.07) is 14.9. The zero-order valence-electron chi connectivity index (χ0n) is 14.2. The summed E-state index contributed by atoms with van der Waals surface area (Å²) in [5.41, 5.74) is 8.92. The van der Waals surface area contributed by atoms with Crippen molar-refractivity contribution in [3.05, 3.63) is 54.1 Å². The van der Waals surface area contributed by atoms with Gasteiger partial charge in [0.25, 0.3) is 0 Å². The number of carboxylic acids is 1. The highest BCUT2D eigenvalue weighted by Crippen LogP contribution is 2.26. The third kappa shape index (κ3) is 3.66. The summed E-state index contributed by atoms with van der Waals surface area (Å²) in [5.74, 6) is -0.872. The molecule has 1 aliphatic rings. The average molecular weight is 352 g/mol. The molecule has 0 spiro atoms. The number of rotatable bonds is 6. The molecule has 0 radical (unpaired) electrons. The molecule has 1 aliphatic heterocycles. The third-order valence-corrected chi connectivity index (χ3v) is 4.40. The summed E-state index contributed by atoms with van der Waals surface area (Å²) in [4.78, 5) is 26.3. The average Bonchev–Trinajstić information content (AvgIpc) is 3.01. The number of nitrogens with one attached hydrogen (secondary N) is 1. The minimum atomic E-state index is -0.906. The second-order valence-corrected chi connectivity index (χ2v) is 6.10. The van der Waals surface area contributed by atoms with Crippen LogP contribution in [-0.4, -0.2) is 47.5 Å². The molecule has 0 unspecified atom stereocenters. The Hall–Kier alpha value is -3.35. The quantitative estimate of drug-likeness (QED) is 0.547. The van der Waals surface area contributed by atoms with Gasteiger partial charge in [-0.25, -0.2) is 4.79 Å². The van der Waals surface area contributed by atoms with Crippen LogP contribution in [0.15, 0.2) is 48.5 Å². The Kier molecular flexibility index (Phi) is 4.88. The number of nitrogens with zero attached hydrogens (tertiary/aromatic N) is 2. The van der Waals surface area contributed by atoms with E-state index in [0.29, 0.717) is 18.7 Å². The highest BCUT2D eigenvalue weighted by Gasteiger charge is 2.29. The first-order valence-corrected chi connectivity index (χ1v) is 8.29. The van der Waals surface area contributed by atoms with Crippen LogP contribution >= 0.6 is 0 Å². The van der Waals surface area contributed by atoms with Crippen LogP contribution in [0.3, 0.4) is 0 Å². The third-order valence-electron chi connectivity index (χ3n) is 4.40. The number of nitrogens with two attached hydrogens (primary N) is 1. The van der Waals surface area contributed by atoms with Gasteiger partial charge in [-0.3, -0.25) is 15.1 Å². The zero-order valence-corrected chi connectivity index (χ0v) is 14.2. The number of urea groups is 1. The molecule has 134 valence electrons. The first-order chi connectivity index (χ1) is 12.5. The highest BCUT2D eigenvalue weighted by atomic mass is 16.4. The van der Waals surface area contributed by atoms with Crippen LogP contribution in [0.5, 0.6) is 0 Å². The van der Waals surface area contributed by atoms with Gasteiger partial charge in [0.2, 0.25) is 0 Å². The number of benzene rings is 2. The van der Waals surface area contributed by atoms with E-state index < -0.39 is 5.97 Å². The summed E-state index contributed by atoms with van der Waals surface area (Å²) in [6.07, 6.45) is -0.0468. The van der Waals surface area contributed by atoms with Gasteiger partial charge in [0.1, 0.15) is 5.84 Å². The maximum Gasteiger partial charge on any atom is 0.324 e. The lowest BCUT2D eigenvalue weighted by molar-refractivity contribution is -0.137. The number of aliphatic carboxylic acids is 1. The Labute approximate surface area is 151 Å². The van der Waals surface area contributed by atoms with Gasteiger partial charge in [0.15, 0.2) is 0 Å². The fourth-order valence-electron chi connectivity index (χ4n) is 2.94. The first-order valence-electron chi connectivity index (χ1n) is 8.29. The van der Waals surface area contributed by atoms with Crippen LogP contribution in [0.1, 0.15) is 12.0 Å². The van der Waals surface area contributed by atoms with Crippen molar-refractivity contribution in [3.63, 3.8) is 0 Å². The molecule has 1 heterocycles. The highest BCUT2D eigenvalue weighted by molar-refractivity contribution is 5.96. The van der Waals surface area contributed by atoms with E-state index in [4.69, 9.17) is 16.2 Å². The Morgan fingerprint density at radius 1 is 1.04 bits per heavy atom. The number of amides is 2. The normalized spacial score (nSPS) is 13.9. The molecular weight excluding hydrogens is 332 g/mol. The molecule has 0 aliphatic carbocycles. The molecule has 26 heavy (non-hydrogen) atoms. The predicted octanol–water partition coefficient (Wildman–Crippen LogP) is 2.35. The predicted molar refractivity (Wildman–Crippen MR) is 99.5 cm³/mol. The van der Waals surface area contributed by atoms with E-state index in [2.05, 4.69) is 0 Å². The van der Waals surface area contributed by atoms with E-state index in [9.17, 15) is 9.59 Å². The fourth-order valence-corrected chi connectivity index (χ4v) is 2.94. The topological polar surface area (TPSA) is 111 Å². The van der Waals surface area contributed by atoms with E-state index in [1.54, 1.807) is 21.9 Å². The van der Waals surface area contributed by atoms with Crippen molar-refractivity contribution in [1.82, 2.24) is 4.90 Å². The maximum absolute atomic E-state index is 12.4. The van der Waals surface area contributed by atoms with E-state index >= 15 is 0 Å². The van der Waals surface area contributed by atoms with Crippen LogP contribution in [0.4, 0.5) is 10.5 Å². The molecule has 0 saturated carbocycles. The number of nitrogen functional groups attached to an aromatic ring is 1. The minimum Gasteiger partial charge on any atom is -0.481 e. The van der Waals surface area contributed by atoms with Crippen LogP contribution in [0.2, 0.25) is 0 Å². The van der Waals surface area contributed by atoms with Gasteiger partial charge in [-0.05, 0) is 23.3 Å². The lowest BCUT2D eigenvalue weighted by Crippen LogP contribution is -2.33. The lowest BCUT2D eigenvalue weighted by atomic mass is 10.0. The molecule has 0 atom stereocenters. The Morgan fingerprint density at radius 2 is 1.62 bits per heavy atom. The van der Waals surface area contributed by atoms with Crippen molar-refractivity contribution >= 4 is 23.5 Å². The second-order valence-electron chi connectivity index (χ2n) is 6.10. The number of hydrogen-bond acceptors (Lipinski definition) is 3. The molecule has 2 aromatic rings. The standard InChI is InChI=1S/C19H20N4O3/c20-18(21)15-3-1-13(2-4-15)14-5-7-16(8-6-14)23-12-11-22(19(23)26)10-9-17(24)25/h1-8H,9-12H2,(H3,20,21)(H,24,25). The number of amidine groups is 1. The SMILES string of the molecule is N=C(N)c1ccc(-c2ccc(N3CCN(CCC(=O)O)C3=O)cc2)cc1. The van der Waals surface area contributed by atoms with E-state index in [1.807, 2.05) is 36.4 Å². The Morgan fingerprint density at radius 3 is 2.15 bits per heavy atom. The molecule has 7 nitrogen and oxygen atoms in total. The number of hydrogen-bond donors (Lipinski definition) is 3. The molecule has 7 heteroatoms. The van der Waals surface area contributed by atoms with Crippen LogP contribution in [0, 0.1) is 5.41 Å². The maximum atomic E-state index is 12.4. The molecule has 1 saturated heterocycles. The summed E-state index contributed by atoms with van der Waals surface area (Å²) >= 11 is 0. The van der Waals surface area contributed by atoms with Crippen molar-refractivity contribution in [3.8, 4) is 11.1 Å². The number of carbonyl (C=O) groups is 2. The molecule has 2 amide bonds. The number of anilines is 1. The first kappa shape index (κ1) is 17.5. The minimum absolute atomic E-state index is 0.0342. The fraction of sp³-hybridized carbons (Fsp3) is 0.211. The van der Waals surface area contributed by atoms with Gasteiger partial charge in [0.05, 0.1) is 6.42 Å². The second kappa shape index (κ2) is 7.26. The molecule has 2 aromatic carbocycles. The van der Waals surface area contributed by atoms with Crippen molar-refractivity contribution in [2.24, 2.45) is 5.73 Å². The Balaban J connectivity index is 1.70. The molecule has 3 rings (SSSR count). The van der Waals surface area contributed by atoms with Crippen LogP contribution in [-0.2, 0) is 4.79 Å². The molecule has 4 N–H and O–H groups in total. The van der Waals surface area contributed by atoms with Crippen molar-refractivity contribution in [2.45, 2.75) is 6.42 Å². The zero-order chi connectivity index (χ0) is 18.7. The molecule has 1 fully saturated rings. The van der Waals surface area contributed by atoms with Crippen molar-refractivity contribution < 1.29 is 14.7 Å². The number of carbonyl (C=O) groups excluding carboxylic acids is 1. The van der Waals surface area contributed by atoms with E-state index in [0.717, 1.165) is 16.8 Å². The molecule has 0 bridgehead atoms. The lowest BCUT2D eigenvalue weighted by Gasteiger charge is -2.18. The molecular formula is C19H20N4O3. The summed E-state index contributed by atoms with van der Waals surface area (Å²) in [5, 5.41) is 16.2. The van der Waals surface area contributed by atoms with Gasteiger partial charge in [-0.15, -0.1) is 0 Å². The summed E-state index contributed by atoms with van der Waals surface area (Å²) < 4.78 is 0. The van der Waals surface area contributed by atoms with E-state index in [-0.39, 0.29) is 24.8 Å². The van der Waals surface area contributed by atoms with E-state index in [1.165, 1.54) is 0 Å². The largest absolute Gasteiger partial charge is 0.481 e. The van der Waals surface area contributed by atoms with Crippen LogP contribution < -0.4 is 10.6 Å². The smallest absolute Gasteiger partial charge is 0.324 e. The summed E-state index contributed by atoms with van der Waals surface area (Å²) in [6.45, 7) is 1.30. The van der Waals surface area contributed by atoms with Gasteiger partial charge < -0.3 is 15.7 Å². The van der Waals surface area contributed by atoms with Gasteiger partial charge in [0, 0.05) is 30.9 Å². The van der Waals surface area contributed by atoms with Crippen LogP contribution in [0.25, 0.3) is 11.1 Å². The van der Waals surface area contributed by atoms with Gasteiger partial charge in [-0.2, -0.15) is 0 Å². The van der Waals surface area contributed by atoms with Crippen molar-refractivity contribution in [2.75, 3.05) is 24.5 Å². The van der Waals surface area contributed by atoms with Gasteiger partial charge >= 0.3 is 12.0 Å². The monoisotopic (exact) mass is 352 g/mol. The molecule has 0 aromatic heterocycles. The van der Waals surface area contributed by atoms with Crippen molar-refractivity contribution in [1.29, 1.82) is 5.41 Å². The summed E-state index contributed by atoms with van der Waals surface area (Å²) in [7, 11) is 0.